The molecule has 0 unspecified atom stereocenters. The molecule has 2 amide bonds. The number of carbonyl (C=O) groups is 2. The minimum atomic E-state index is -4.22. The Morgan fingerprint density at radius 1 is 0.878 bits per heavy atom. The van der Waals surface area contributed by atoms with Crippen LogP contribution in [0.4, 0.5) is 5.69 Å². The number of hydrogen-bond acceptors (Lipinski definition) is 5. The van der Waals surface area contributed by atoms with Crippen LogP contribution in [0.25, 0.3) is 0 Å². The van der Waals surface area contributed by atoms with Crippen LogP contribution in [0.3, 0.4) is 0 Å². The zero-order chi connectivity index (χ0) is 35.0. The summed E-state index contributed by atoms with van der Waals surface area (Å²) in [5.74, 6) is -0.174. The van der Waals surface area contributed by atoms with E-state index in [0.29, 0.717) is 22.0 Å². The fourth-order valence-corrected chi connectivity index (χ4v) is 8.02. The third-order valence-corrected chi connectivity index (χ3v) is 11.0. The summed E-state index contributed by atoms with van der Waals surface area (Å²) >= 11 is 6.28. The third kappa shape index (κ3) is 9.22. The fourth-order valence-electron chi connectivity index (χ4n) is 6.32. The molecule has 1 saturated carbocycles. The van der Waals surface area contributed by atoms with Crippen LogP contribution in [0.2, 0.25) is 5.02 Å². The van der Waals surface area contributed by atoms with Crippen LogP contribution < -0.4 is 14.4 Å². The van der Waals surface area contributed by atoms with Gasteiger partial charge in [0.1, 0.15) is 18.3 Å². The quantitative estimate of drug-likeness (QED) is 0.159. The van der Waals surface area contributed by atoms with Crippen molar-refractivity contribution in [3.63, 3.8) is 0 Å². The molecule has 0 radical (unpaired) electrons. The summed E-state index contributed by atoms with van der Waals surface area (Å²) in [6.45, 7) is 3.16. The summed E-state index contributed by atoms with van der Waals surface area (Å²) in [6, 6.07) is 27.4. The van der Waals surface area contributed by atoms with Gasteiger partial charge >= 0.3 is 0 Å². The number of benzene rings is 4. The van der Waals surface area contributed by atoms with Gasteiger partial charge in [0.25, 0.3) is 10.0 Å². The van der Waals surface area contributed by atoms with Gasteiger partial charge in [-0.15, -0.1) is 0 Å². The highest BCUT2D eigenvalue weighted by molar-refractivity contribution is 7.92. The number of aryl methyl sites for hydroxylation is 2. The molecule has 0 bridgehead atoms. The summed E-state index contributed by atoms with van der Waals surface area (Å²) in [7, 11) is -2.65. The lowest BCUT2D eigenvalue weighted by Gasteiger charge is -2.35. The fraction of sp³-hybridized carbons (Fsp3) is 0.333. The van der Waals surface area contributed by atoms with Crippen molar-refractivity contribution in [3.8, 4) is 5.75 Å². The van der Waals surface area contributed by atoms with Gasteiger partial charge in [0.2, 0.25) is 11.8 Å². The lowest BCUT2D eigenvalue weighted by atomic mass is 9.94. The van der Waals surface area contributed by atoms with Crippen LogP contribution in [-0.4, -0.2) is 50.9 Å². The minimum absolute atomic E-state index is 0.0171. The molecule has 4 aromatic carbocycles. The van der Waals surface area contributed by atoms with E-state index in [0.717, 1.165) is 53.1 Å². The number of anilines is 1. The molecule has 1 aliphatic carbocycles. The second-order valence-corrected chi connectivity index (χ2v) is 15.0. The maximum Gasteiger partial charge on any atom is 0.264 e. The van der Waals surface area contributed by atoms with Crippen LogP contribution >= 0.6 is 11.6 Å². The van der Waals surface area contributed by atoms with E-state index < -0.39 is 28.5 Å². The number of hydrogen-bond donors (Lipinski definition) is 1. The Kier molecular flexibility index (Phi) is 12.0. The molecule has 1 aliphatic rings. The van der Waals surface area contributed by atoms with Crippen molar-refractivity contribution >= 4 is 39.1 Å². The Morgan fingerprint density at radius 3 is 2.24 bits per heavy atom. The van der Waals surface area contributed by atoms with Gasteiger partial charge < -0.3 is 15.0 Å². The van der Waals surface area contributed by atoms with Gasteiger partial charge in [-0.2, -0.15) is 0 Å². The van der Waals surface area contributed by atoms with Gasteiger partial charge in [0.05, 0.1) is 17.7 Å². The standard InChI is InChI=1S/C39H44ClN3O5S/c1-28-17-20-35(21-18-28)49(46,47)43(36-22-19-32(40)23-29(36)2)27-38(44)42(26-31-13-10-16-34(24-31)48-3)37(25-30-11-6-4-7-12-30)39(45)41-33-14-8-5-9-15-33/h4,6-7,10-13,16-24,33,37H,5,8-9,14-15,25-27H2,1-3H3,(H,41,45)/t37-/m0/s1. The molecule has 5 rings (SSSR count). The Labute approximate surface area is 295 Å². The molecule has 0 aromatic heterocycles. The second kappa shape index (κ2) is 16.4. The van der Waals surface area contributed by atoms with Crippen molar-refractivity contribution in [3.05, 3.63) is 124 Å². The predicted octanol–water partition coefficient (Wildman–Crippen LogP) is 7.25. The Balaban J connectivity index is 1.59. The topological polar surface area (TPSA) is 96.0 Å². The van der Waals surface area contributed by atoms with Crippen molar-refractivity contribution in [1.82, 2.24) is 10.2 Å². The summed E-state index contributed by atoms with van der Waals surface area (Å²) in [5, 5.41) is 3.69. The van der Waals surface area contributed by atoms with Crippen molar-refractivity contribution < 1.29 is 22.7 Å². The molecule has 258 valence electrons. The lowest BCUT2D eigenvalue weighted by molar-refractivity contribution is -0.140. The Morgan fingerprint density at radius 2 is 1.57 bits per heavy atom. The zero-order valence-corrected chi connectivity index (χ0v) is 29.8. The van der Waals surface area contributed by atoms with Crippen molar-refractivity contribution in [2.45, 2.75) is 75.9 Å². The van der Waals surface area contributed by atoms with Gasteiger partial charge in [-0.05, 0) is 85.8 Å². The van der Waals surface area contributed by atoms with Crippen LogP contribution in [0.5, 0.6) is 5.75 Å². The summed E-state index contributed by atoms with van der Waals surface area (Å²) in [6.07, 6.45) is 5.22. The molecule has 0 saturated heterocycles. The molecular weight excluding hydrogens is 658 g/mol. The van der Waals surface area contributed by atoms with E-state index in [1.165, 1.54) is 17.0 Å². The number of rotatable bonds is 13. The molecule has 10 heteroatoms. The van der Waals surface area contributed by atoms with Gasteiger partial charge in [-0.3, -0.25) is 13.9 Å². The Bertz CT molecular complexity index is 1840. The third-order valence-electron chi connectivity index (χ3n) is 9.03. The van der Waals surface area contributed by atoms with Crippen LogP contribution in [0.15, 0.2) is 102 Å². The Hall–Kier alpha value is -4.34. The number of amides is 2. The van der Waals surface area contributed by atoms with Crippen molar-refractivity contribution in [2.75, 3.05) is 18.0 Å². The first-order valence-corrected chi connectivity index (χ1v) is 18.5. The van der Waals surface area contributed by atoms with E-state index in [1.54, 1.807) is 44.4 Å². The molecule has 0 aliphatic heterocycles. The first-order valence-electron chi connectivity index (χ1n) is 16.7. The van der Waals surface area contributed by atoms with Crippen LogP contribution in [-0.2, 0) is 32.6 Å². The maximum absolute atomic E-state index is 14.8. The number of carbonyl (C=O) groups excluding carboxylic acids is 2. The first-order chi connectivity index (χ1) is 23.5. The van der Waals surface area contributed by atoms with Gasteiger partial charge in [0, 0.05) is 24.0 Å². The largest absolute Gasteiger partial charge is 0.497 e. The second-order valence-electron chi connectivity index (χ2n) is 12.7. The van der Waals surface area contributed by atoms with E-state index in [2.05, 4.69) is 5.32 Å². The predicted molar refractivity (Wildman–Crippen MR) is 194 cm³/mol. The first kappa shape index (κ1) is 36.0. The molecular formula is C39H44ClN3O5S. The number of ether oxygens (including phenoxy) is 1. The molecule has 8 nitrogen and oxygen atoms in total. The molecule has 0 spiro atoms. The summed E-state index contributed by atoms with van der Waals surface area (Å²) in [4.78, 5) is 30.7. The summed E-state index contributed by atoms with van der Waals surface area (Å²) < 4.78 is 35.3. The highest BCUT2D eigenvalue weighted by atomic mass is 35.5. The average Bonchev–Trinajstić information content (AvgIpc) is 3.10. The number of sulfonamides is 1. The number of halogens is 1. The highest BCUT2D eigenvalue weighted by Gasteiger charge is 2.36. The highest BCUT2D eigenvalue weighted by Crippen LogP contribution is 2.30. The zero-order valence-electron chi connectivity index (χ0n) is 28.3. The summed E-state index contributed by atoms with van der Waals surface area (Å²) in [5.41, 5.74) is 3.44. The van der Waals surface area contributed by atoms with Crippen molar-refractivity contribution in [2.24, 2.45) is 0 Å². The van der Waals surface area contributed by atoms with Gasteiger partial charge in [-0.1, -0.05) is 91.0 Å². The van der Waals surface area contributed by atoms with Crippen molar-refractivity contribution in [1.29, 1.82) is 0 Å². The molecule has 49 heavy (non-hydrogen) atoms. The molecule has 1 N–H and O–H groups in total. The number of nitrogens with zero attached hydrogens (tertiary/aromatic N) is 2. The van der Waals surface area contributed by atoms with Gasteiger partial charge in [-0.25, -0.2) is 8.42 Å². The van der Waals surface area contributed by atoms with E-state index in [1.807, 2.05) is 61.5 Å². The van der Waals surface area contributed by atoms with E-state index >= 15 is 0 Å². The van der Waals surface area contributed by atoms with E-state index in [9.17, 15) is 18.0 Å². The minimum Gasteiger partial charge on any atom is -0.497 e. The molecule has 0 heterocycles. The average molecular weight is 702 g/mol. The van der Waals surface area contributed by atoms with Crippen LogP contribution in [0.1, 0.15) is 54.4 Å². The van der Waals surface area contributed by atoms with Crippen LogP contribution in [0, 0.1) is 13.8 Å². The lowest BCUT2D eigenvalue weighted by Crippen LogP contribution is -2.55. The number of methoxy groups -OCH3 is 1. The van der Waals surface area contributed by atoms with Gasteiger partial charge in [0.15, 0.2) is 0 Å². The molecule has 1 atom stereocenters. The van der Waals surface area contributed by atoms with E-state index in [-0.39, 0.29) is 29.8 Å². The van der Waals surface area contributed by atoms with E-state index in [4.69, 9.17) is 16.3 Å². The SMILES string of the molecule is COc1cccc(CN(C(=O)CN(c2ccc(Cl)cc2C)S(=O)(=O)c2ccc(C)cc2)[C@@H](Cc2ccccc2)C(=O)NC2CCCCC2)c1. The molecule has 4 aromatic rings. The maximum atomic E-state index is 14.8. The number of nitrogens with one attached hydrogen (secondary N) is 1. The monoisotopic (exact) mass is 701 g/mol. The molecule has 1 fully saturated rings. The smallest absolute Gasteiger partial charge is 0.264 e. The normalized spacial score (nSPS) is 14.1.